The number of hydroxylamine groups is 1. The molecule has 0 saturated carbocycles. The van der Waals surface area contributed by atoms with Gasteiger partial charge in [-0.1, -0.05) is 37.6 Å². The molecule has 1 heterocycles. The average molecular weight is 355 g/mol. The van der Waals surface area contributed by atoms with Crippen LogP contribution in [0.2, 0.25) is 0 Å². The zero-order valence-electron chi connectivity index (χ0n) is 15.0. The highest BCUT2D eigenvalue weighted by atomic mass is 16.6. The van der Waals surface area contributed by atoms with Gasteiger partial charge in [-0.3, -0.25) is 15.1 Å². The number of carbonyl (C=O) groups is 1. The maximum Gasteiger partial charge on any atom is 0.303 e. The van der Waals surface area contributed by atoms with E-state index in [1.807, 2.05) is 23.2 Å². The Balaban J connectivity index is 1.70. The van der Waals surface area contributed by atoms with E-state index in [2.05, 4.69) is 35.6 Å². The number of carboxylic acid groups (broad SMARTS) is 1. The van der Waals surface area contributed by atoms with Crippen LogP contribution in [-0.4, -0.2) is 27.2 Å². The molecule has 3 rings (SSSR count). The molecule has 0 saturated heterocycles. The summed E-state index contributed by atoms with van der Waals surface area (Å²) in [6, 6.07) is 8.36. The summed E-state index contributed by atoms with van der Waals surface area (Å²) in [5.41, 5.74) is 7.74. The molecule has 1 unspecified atom stereocenters. The second-order valence-corrected chi connectivity index (χ2v) is 6.65. The first-order valence-corrected chi connectivity index (χ1v) is 9.07. The van der Waals surface area contributed by atoms with Crippen molar-refractivity contribution in [2.45, 2.75) is 39.0 Å². The van der Waals surface area contributed by atoms with Gasteiger partial charge < -0.3 is 9.67 Å². The first-order chi connectivity index (χ1) is 12.7. The Kier molecular flexibility index (Phi) is 6.07. The Hall–Kier alpha value is -2.60. The minimum absolute atomic E-state index is 0.217. The van der Waals surface area contributed by atoms with Gasteiger partial charge in [0, 0.05) is 30.3 Å². The van der Waals surface area contributed by atoms with Gasteiger partial charge in [-0.15, -0.1) is 0 Å². The number of aliphatic carboxylic acids is 1. The first-order valence-electron chi connectivity index (χ1n) is 9.07. The number of aromatic nitrogens is 2. The number of benzene rings is 1. The number of nitrogens with zero attached hydrogens (tertiary/aromatic N) is 2. The van der Waals surface area contributed by atoms with Crippen LogP contribution in [0.5, 0.6) is 0 Å². The van der Waals surface area contributed by atoms with Crippen molar-refractivity contribution in [3.8, 4) is 0 Å². The van der Waals surface area contributed by atoms with Gasteiger partial charge in [-0.05, 0) is 24.8 Å². The Morgan fingerprint density at radius 2 is 2.19 bits per heavy atom. The summed E-state index contributed by atoms with van der Waals surface area (Å²) < 4.78 is 2.04. The maximum absolute atomic E-state index is 10.5. The number of fused-ring (bicyclic) bond motifs is 1. The van der Waals surface area contributed by atoms with Crippen LogP contribution >= 0.6 is 0 Å². The average Bonchev–Trinajstić information content (AvgIpc) is 3.14. The molecule has 1 aromatic heterocycles. The lowest BCUT2D eigenvalue weighted by atomic mass is 9.86. The molecule has 1 aliphatic rings. The summed E-state index contributed by atoms with van der Waals surface area (Å²) in [6.45, 7) is 2.75. The van der Waals surface area contributed by atoms with E-state index in [0.29, 0.717) is 18.9 Å². The van der Waals surface area contributed by atoms with E-state index < -0.39 is 5.97 Å². The monoisotopic (exact) mass is 355 g/mol. The van der Waals surface area contributed by atoms with Gasteiger partial charge in [0.1, 0.15) is 0 Å². The Labute approximate surface area is 153 Å². The topological polar surface area (TPSA) is 76.4 Å². The summed E-state index contributed by atoms with van der Waals surface area (Å²) in [5.74, 6) is -0.410. The Morgan fingerprint density at radius 1 is 1.35 bits per heavy atom. The normalized spacial score (nSPS) is 16.4. The minimum Gasteiger partial charge on any atom is -0.481 e. The fraction of sp³-hybridized carbons (Fsp3) is 0.400. The van der Waals surface area contributed by atoms with Crippen molar-refractivity contribution in [2.24, 2.45) is 5.92 Å². The van der Waals surface area contributed by atoms with Crippen molar-refractivity contribution in [1.82, 2.24) is 15.0 Å². The van der Waals surface area contributed by atoms with Crippen LogP contribution < -0.4 is 5.48 Å². The molecule has 0 aliphatic heterocycles. The largest absolute Gasteiger partial charge is 0.481 e. The number of allylic oxidation sites excluding steroid dienone is 1. The van der Waals surface area contributed by atoms with Crippen LogP contribution in [0.3, 0.4) is 0 Å². The van der Waals surface area contributed by atoms with Crippen molar-refractivity contribution in [3.05, 3.63) is 54.1 Å². The first kappa shape index (κ1) is 18.2. The van der Waals surface area contributed by atoms with Crippen LogP contribution in [0.1, 0.15) is 43.7 Å². The number of hydrogen-bond donors (Lipinski definition) is 2. The van der Waals surface area contributed by atoms with Crippen molar-refractivity contribution < 1.29 is 14.7 Å². The summed E-state index contributed by atoms with van der Waals surface area (Å²) in [6.07, 6.45) is 9.08. The van der Waals surface area contributed by atoms with Crippen molar-refractivity contribution in [3.63, 3.8) is 0 Å². The summed E-state index contributed by atoms with van der Waals surface area (Å²) in [7, 11) is 0. The zero-order chi connectivity index (χ0) is 18.4. The van der Waals surface area contributed by atoms with Crippen molar-refractivity contribution in [1.29, 1.82) is 0 Å². The number of imidazole rings is 1. The number of carboxylic acids is 1. The van der Waals surface area contributed by atoms with Gasteiger partial charge in [0.05, 0.1) is 24.3 Å². The highest BCUT2D eigenvalue weighted by Crippen LogP contribution is 2.35. The van der Waals surface area contributed by atoms with Crippen LogP contribution in [-0.2, 0) is 16.1 Å². The molecule has 1 atom stereocenters. The lowest BCUT2D eigenvalue weighted by Crippen LogP contribution is -2.25. The van der Waals surface area contributed by atoms with E-state index in [1.54, 1.807) is 6.20 Å². The highest BCUT2D eigenvalue weighted by Gasteiger charge is 2.25. The molecule has 0 amide bonds. The molecule has 2 N–H and O–H groups in total. The molecule has 0 radical (unpaired) electrons. The molecular formula is C20H25N3O3. The number of hydrogen-bond acceptors (Lipinski definition) is 4. The van der Waals surface area contributed by atoms with E-state index in [9.17, 15) is 4.79 Å². The van der Waals surface area contributed by atoms with Gasteiger partial charge in [0.15, 0.2) is 0 Å². The van der Waals surface area contributed by atoms with Gasteiger partial charge in [-0.2, -0.15) is 0 Å². The SMILES string of the molecule is CC1Cc2ccccc2C(NOCCCCCC(=O)O)=C1n1ccnc1. The standard InChI is InChI=1S/C20H25N3O3/c1-15-13-16-7-4-5-8-17(16)19(20(15)23-11-10-21-14-23)22-26-12-6-2-3-9-18(24)25/h4-5,7-8,10-11,14-15,22H,2-3,6,9,12-13H2,1H3,(H,24,25). The number of rotatable bonds is 9. The molecule has 6 heteroatoms. The van der Waals surface area contributed by atoms with Gasteiger partial charge >= 0.3 is 5.97 Å². The number of nitrogens with one attached hydrogen (secondary N) is 1. The van der Waals surface area contributed by atoms with Gasteiger partial charge in [0.2, 0.25) is 0 Å². The van der Waals surface area contributed by atoms with Crippen LogP contribution in [0.15, 0.2) is 43.0 Å². The summed E-state index contributed by atoms with van der Waals surface area (Å²) in [4.78, 5) is 20.4. The Bertz CT molecular complexity index is 768. The number of unbranched alkanes of at least 4 members (excludes halogenated alkanes) is 2. The van der Waals surface area contributed by atoms with Crippen LogP contribution in [0, 0.1) is 5.92 Å². The quantitative estimate of drug-likeness (QED) is 0.531. The third-order valence-corrected chi connectivity index (χ3v) is 4.63. The lowest BCUT2D eigenvalue weighted by molar-refractivity contribution is -0.137. The van der Waals surface area contributed by atoms with Gasteiger partial charge in [0.25, 0.3) is 0 Å². The molecule has 1 aliphatic carbocycles. The smallest absolute Gasteiger partial charge is 0.303 e. The van der Waals surface area contributed by atoms with E-state index >= 15 is 0 Å². The second-order valence-electron chi connectivity index (χ2n) is 6.65. The molecule has 0 bridgehead atoms. The second kappa shape index (κ2) is 8.67. The molecule has 26 heavy (non-hydrogen) atoms. The molecular weight excluding hydrogens is 330 g/mol. The highest BCUT2D eigenvalue weighted by molar-refractivity contribution is 5.85. The van der Waals surface area contributed by atoms with Crippen LogP contribution in [0.25, 0.3) is 11.4 Å². The summed E-state index contributed by atoms with van der Waals surface area (Å²) >= 11 is 0. The fourth-order valence-electron chi connectivity index (χ4n) is 3.40. The molecule has 1 aromatic carbocycles. The lowest BCUT2D eigenvalue weighted by Gasteiger charge is -2.29. The third-order valence-electron chi connectivity index (χ3n) is 4.63. The minimum atomic E-state index is -0.744. The third kappa shape index (κ3) is 4.32. The van der Waals surface area contributed by atoms with Gasteiger partial charge in [-0.25, -0.2) is 4.98 Å². The molecule has 0 spiro atoms. The molecule has 2 aromatic rings. The van der Waals surface area contributed by atoms with E-state index in [0.717, 1.165) is 36.2 Å². The maximum atomic E-state index is 10.5. The van der Waals surface area contributed by atoms with E-state index in [-0.39, 0.29) is 6.42 Å². The summed E-state index contributed by atoms with van der Waals surface area (Å²) in [5, 5.41) is 8.67. The van der Waals surface area contributed by atoms with E-state index in [4.69, 9.17) is 9.94 Å². The molecule has 0 fully saturated rings. The van der Waals surface area contributed by atoms with Crippen molar-refractivity contribution >= 4 is 17.4 Å². The Morgan fingerprint density at radius 3 is 2.96 bits per heavy atom. The van der Waals surface area contributed by atoms with Crippen LogP contribution in [0.4, 0.5) is 0 Å². The predicted octanol–water partition coefficient (Wildman–Crippen LogP) is 3.57. The van der Waals surface area contributed by atoms with Crippen molar-refractivity contribution in [2.75, 3.05) is 6.61 Å². The fourth-order valence-corrected chi connectivity index (χ4v) is 3.40. The molecule has 138 valence electrons. The molecule has 6 nitrogen and oxygen atoms in total. The zero-order valence-corrected chi connectivity index (χ0v) is 15.0. The predicted molar refractivity (Wildman–Crippen MR) is 99.8 cm³/mol. The van der Waals surface area contributed by atoms with E-state index in [1.165, 1.54) is 5.56 Å².